The van der Waals surface area contributed by atoms with Gasteiger partial charge in [-0.3, -0.25) is 0 Å². The second kappa shape index (κ2) is 6.77. The van der Waals surface area contributed by atoms with Gasteiger partial charge in [0, 0.05) is 30.6 Å². The van der Waals surface area contributed by atoms with E-state index >= 15 is 0 Å². The molecule has 5 nitrogen and oxygen atoms in total. The number of alkyl halides is 3. The van der Waals surface area contributed by atoms with Crippen LogP contribution in [0.5, 0.6) is 5.75 Å². The van der Waals surface area contributed by atoms with Crippen LogP contribution < -0.4 is 14.4 Å². The van der Waals surface area contributed by atoms with Crippen LogP contribution in [-0.4, -0.2) is 39.8 Å². The zero-order valence-electron chi connectivity index (χ0n) is 15.4. The molecule has 4 aliphatic rings. The maximum atomic E-state index is 13.0. The summed E-state index contributed by atoms with van der Waals surface area (Å²) in [5, 5.41) is 0. The Morgan fingerprint density at radius 1 is 1.32 bits per heavy atom. The fraction of sp³-hybridized carbons (Fsp3) is 0.667. The van der Waals surface area contributed by atoms with Crippen LogP contribution in [0.15, 0.2) is 21.5 Å². The predicted molar refractivity (Wildman–Crippen MR) is 102 cm³/mol. The summed E-state index contributed by atoms with van der Waals surface area (Å²) in [6.07, 6.45) is -2.10. The number of hydrogen-bond donors (Lipinski definition) is 1. The molecule has 0 spiro atoms. The third-order valence-electron chi connectivity index (χ3n) is 6.13. The van der Waals surface area contributed by atoms with Crippen molar-refractivity contribution in [1.82, 2.24) is 4.72 Å². The number of rotatable bonds is 5. The van der Waals surface area contributed by atoms with Gasteiger partial charge in [0.1, 0.15) is 10.6 Å². The normalized spacial score (nSPS) is 30.7. The van der Waals surface area contributed by atoms with E-state index in [-0.39, 0.29) is 23.3 Å². The van der Waals surface area contributed by atoms with Crippen molar-refractivity contribution in [3.05, 3.63) is 16.6 Å². The fourth-order valence-electron chi connectivity index (χ4n) is 4.66. The summed E-state index contributed by atoms with van der Waals surface area (Å²) >= 11 is 3.43. The molecule has 0 amide bonds. The van der Waals surface area contributed by atoms with Crippen LogP contribution in [0.4, 0.5) is 18.9 Å². The van der Waals surface area contributed by atoms with Gasteiger partial charge in [-0.15, -0.1) is 0 Å². The number of nitrogens with zero attached hydrogens (tertiary/aromatic N) is 1. The van der Waals surface area contributed by atoms with Gasteiger partial charge in [-0.25, -0.2) is 13.1 Å². The van der Waals surface area contributed by atoms with Gasteiger partial charge in [-0.1, -0.05) is 0 Å². The highest BCUT2D eigenvalue weighted by atomic mass is 79.9. The largest absolute Gasteiger partial charge is 0.496 e. The first-order chi connectivity index (χ1) is 13.0. The number of fused-ring (bicyclic) bond motifs is 1. The maximum absolute atomic E-state index is 13.0. The molecule has 1 aliphatic heterocycles. The van der Waals surface area contributed by atoms with Crippen molar-refractivity contribution in [1.29, 1.82) is 0 Å². The van der Waals surface area contributed by atoms with Crippen LogP contribution >= 0.6 is 15.9 Å². The van der Waals surface area contributed by atoms with E-state index in [1.807, 2.05) is 0 Å². The average Bonchev–Trinajstić information content (AvgIpc) is 2.58. The van der Waals surface area contributed by atoms with Crippen LogP contribution in [0.2, 0.25) is 0 Å². The molecule has 1 N–H and O–H groups in total. The molecule has 1 atom stereocenters. The summed E-state index contributed by atoms with van der Waals surface area (Å²) in [4.78, 5) is 2.23. The van der Waals surface area contributed by atoms with Gasteiger partial charge in [0.25, 0.3) is 0 Å². The van der Waals surface area contributed by atoms with Gasteiger partial charge in [-0.05, 0) is 60.0 Å². The van der Waals surface area contributed by atoms with E-state index < -0.39 is 28.7 Å². The number of hydrogen-bond acceptors (Lipinski definition) is 4. The molecule has 0 aromatic heterocycles. The monoisotopic (exact) mass is 482 g/mol. The molecule has 1 aromatic carbocycles. The molecule has 0 unspecified atom stereocenters. The van der Waals surface area contributed by atoms with Crippen LogP contribution in [0.3, 0.4) is 0 Å². The van der Waals surface area contributed by atoms with E-state index in [0.29, 0.717) is 28.4 Å². The lowest BCUT2D eigenvalue weighted by atomic mass is 9.49. The summed E-state index contributed by atoms with van der Waals surface area (Å²) in [5.41, 5.74) is 0.522. The Morgan fingerprint density at radius 3 is 2.54 bits per heavy atom. The average molecular weight is 483 g/mol. The van der Waals surface area contributed by atoms with E-state index in [0.717, 1.165) is 19.3 Å². The van der Waals surface area contributed by atoms with Crippen LogP contribution in [0.1, 0.15) is 38.5 Å². The Kier molecular flexibility index (Phi) is 4.90. The Bertz CT molecular complexity index is 874. The summed E-state index contributed by atoms with van der Waals surface area (Å²) in [6.45, 7) is 0.371. The molecule has 5 rings (SSSR count). The number of ether oxygens (including phenoxy) is 1. The summed E-state index contributed by atoms with van der Waals surface area (Å²) < 4.78 is 72.2. The molecular weight excluding hydrogens is 461 g/mol. The topological polar surface area (TPSA) is 58.6 Å². The summed E-state index contributed by atoms with van der Waals surface area (Å²) in [6, 6.07) is 2.67. The van der Waals surface area contributed by atoms with Crippen molar-refractivity contribution in [3.8, 4) is 5.75 Å². The highest BCUT2D eigenvalue weighted by Gasteiger charge is 2.61. The Labute approximate surface area is 170 Å². The lowest BCUT2D eigenvalue weighted by Gasteiger charge is -2.67. The molecule has 28 heavy (non-hydrogen) atoms. The van der Waals surface area contributed by atoms with E-state index in [1.54, 1.807) is 6.07 Å². The smallest absolute Gasteiger partial charge is 0.389 e. The number of nitrogens with one attached hydrogen (secondary N) is 1. The number of halogens is 4. The highest BCUT2D eigenvalue weighted by Crippen LogP contribution is 2.62. The molecule has 3 aliphatic carbocycles. The molecule has 3 saturated carbocycles. The number of methoxy groups -OCH3 is 1. The Hall–Kier alpha value is -1.00. The van der Waals surface area contributed by atoms with Gasteiger partial charge >= 0.3 is 6.18 Å². The molecule has 1 aromatic rings. The van der Waals surface area contributed by atoms with Crippen molar-refractivity contribution in [2.75, 3.05) is 18.6 Å². The molecule has 3 fully saturated rings. The molecule has 1 heterocycles. The first-order valence-electron chi connectivity index (χ1n) is 9.27. The minimum atomic E-state index is -4.24. The standard InChI is InChI=1S/C18H22BrF3N2O3S/c1-27-15-6-16-14(5-13(15)19)24(17-7-11(8-17)9-17)10-12(23-28(16,25)26)3-2-4-18(20,21)22/h5-6,11-12,23H,2-4,7-10H2,1H3/t11?,12-,17?/m1/s1. The predicted octanol–water partition coefficient (Wildman–Crippen LogP) is 4.21. The second-order valence-corrected chi connectivity index (χ2v) is 10.6. The number of benzene rings is 1. The van der Waals surface area contributed by atoms with Gasteiger partial charge in [0.2, 0.25) is 10.0 Å². The van der Waals surface area contributed by atoms with E-state index in [2.05, 4.69) is 25.6 Å². The summed E-state index contributed by atoms with van der Waals surface area (Å²) in [5.74, 6) is 1.08. The van der Waals surface area contributed by atoms with Crippen molar-refractivity contribution >= 4 is 31.6 Å². The minimum Gasteiger partial charge on any atom is -0.496 e. The Morgan fingerprint density at radius 2 is 2.00 bits per heavy atom. The first-order valence-corrected chi connectivity index (χ1v) is 11.5. The molecule has 2 bridgehead atoms. The molecule has 0 saturated heterocycles. The Balaban J connectivity index is 1.68. The first kappa shape index (κ1) is 20.3. The molecule has 10 heteroatoms. The fourth-order valence-corrected chi connectivity index (χ4v) is 6.62. The quantitative estimate of drug-likeness (QED) is 0.682. The van der Waals surface area contributed by atoms with Crippen molar-refractivity contribution in [2.45, 2.75) is 61.2 Å². The third kappa shape index (κ3) is 3.52. The van der Waals surface area contributed by atoms with Crippen molar-refractivity contribution in [3.63, 3.8) is 0 Å². The van der Waals surface area contributed by atoms with Gasteiger partial charge < -0.3 is 9.64 Å². The molecule has 156 valence electrons. The van der Waals surface area contributed by atoms with Crippen molar-refractivity contribution < 1.29 is 26.3 Å². The zero-order valence-corrected chi connectivity index (χ0v) is 17.8. The minimum absolute atomic E-state index is 0.0722. The molecule has 0 radical (unpaired) electrons. The maximum Gasteiger partial charge on any atom is 0.389 e. The zero-order chi connectivity index (χ0) is 20.3. The van der Waals surface area contributed by atoms with E-state index in [9.17, 15) is 21.6 Å². The SMILES string of the molecule is COc1cc2c(cc1Br)N(C13CC(C1)C3)C[C@@H](CCCC(F)(F)F)NS2(=O)=O. The van der Waals surface area contributed by atoms with E-state index in [4.69, 9.17) is 4.74 Å². The number of anilines is 1. The van der Waals surface area contributed by atoms with Crippen molar-refractivity contribution in [2.24, 2.45) is 5.92 Å². The van der Waals surface area contributed by atoms with Crippen LogP contribution in [0.25, 0.3) is 0 Å². The lowest BCUT2D eigenvalue weighted by molar-refractivity contribution is -0.135. The second-order valence-electron chi connectivity index (χ2n) is 8.09. The molecular formula is C18H22BrF3N2O3S. The number of sulfonamides is 1. The van der Waals surface area contributed by atoms with Gasteiger partial charge in [0.15, 0.2) is 0 Å². The van der Waals surface area contributed by atoms with Gasteiger partial charge in [-0.2, -0.15) is 13.2 Å². The highest BCUT2D eigenvalue weighted by molar-refractivity contribution is 9.10. The lowest BCUT2D eigenvalue weighted by Crippen LogP contribution is -2.69. The van der Waals surface area contributed by atoms with Gasteiger partial charge in [0.05, 0.1) is 17.3 Å². The van der Waals surface area contributed by atoms with Crippen LogP contribution in [-0.2, 0) is 10.0 Å². The van der Waals surface area contributed by atoms with E-state index in [1.165, 1.54) is 13.2 Å². The van der Waals surface area contributed by atoms with Crippen LogP contribution in [0, 0.1) is 5.92 Å². The summed E-state index contributed by atoms with van der Waals surface area (Å²) in [7, 11) is -2.42. The third-order valence-corrected chi connectivity index (χ3v) is 8.30.